The molecule has 0 fully saturated rings. The number of ether oxygens (including phenoxy) is 1. The number of hydrogen-bond donors (Lipinski definition) is 1. The smallest absolute Gasteiger partial charge is 0.438 e. The van der Waals surface area contributed by atoms with Gasteiger partial charge in [0, 0.05) is 12.1 Å². The second-order valence-corrected chi connectivity index (χ2v) is 5.84. The highest BCUT2D eigenvalue weighted by molar-refractivity contribution is 7.99. The van der Waals surface area contributed by atoms with Crippen molar-refractivity contribution in [2.75, 3.05) is 12.9 Å². The van der Waals surface area contributed by atoms with Gasteiger partial charge in [-0.1, -0.05) is 0 Å². The van der Waals surface area contributed by atoms with Gasteiger partial charge < -0.3 is 9.15 Å². The van der Waals surface area contributed by atoms with Crippen LogP contribution in [0, 0.1) is 0 Å². The molecule has 0 spiro atoms. The van der Waals surface area contributed by atoms with Crippen molar-refractivity contribution in [2.45, 2.75) is 5.75 Å². The number of thioether (sulfide) groups is 1. The number of ketones is 1. The Morgan fingerprint density at radius 1 is 1.29 bits per heavy atom. The van der Waals surface area contributed by atoms with Crippen LogP contribution in [0.2, 0.25) is 0 Å². The Labute approximate surface area is 141 Å². The summed E-state index contributed by atoms with van der Waals surface area (Å²) < 4.78 is 16.4. The first-order chi connectivity index (χ1) is 11.7. The van der Waals surface area contributed by atoms with Crippen LogP contribution >= 0.6 is 11.8 Å². The fourth-order valence-electron chi connectivity index (χ4n) is 2.13. The molecule has 0 atom stereocenters. The van der Waals surface area contributed by atoms with Crippen molar-refractivity contribution in [1.82, 2.24) is 5.27 Å². The summed E-state index contributed by atoms with van der Waals surface area (Å²) in [6.45, 7) is 0. The summed E-state index contributed by atoms with van der Waals surface area (Å²) in [7, 11) is 1.56. The molecule has 0 saturated heterocycles. The molecule has 1 N–H and O–H groups in total. The predicted octanol–water partition coefficient (Wildman–Crippen LogP) is 1.96. The van der Waals surface area contributed by atoms with E-state index in [0.29, 0.717) is 17.2 Å². The van der Waals surface area contributed by atoms with E-state index in [1.807, 2.05) is 6.07 Å². The predicted molar refractivity (Wildman–Crippen MR) is 86.6 cm³/mol. The van der Waals surface area contributed by atoms with Gasteiger partial charge in [0.15, 0.2) is 0 Å². The summed E-state index contributed by atoms with van der Waals surface area (Å²) in [5.41, 5.74) is -0.150. The Bertz CT molecular complexity index is 865. The lowest BCUT2D eigenvalue weighted by molar-refractivity contribution is -0.672. The lowest BCUT2D eigenvalue weighted by Gasteiger charge is -1.98. The zero-order valence-corrected chi connectivity index (χ0v) is 13.7. The Kier molecular flexibility index (Phi) is 4.85. The van der Waals surface area contributed by atoms with Crippen molar-refractivity contribution in [2.24, 2.45) is 0 Å². The monoisotopic (exact) mass is 347 g/mol. The fourth-order valence-corrected chi connectivity index (χ4v) is 2.92. The number of aromatic amines is 1. The van der Waals surface area contributed by atoms with E-state index < -0.39 is 5.63 Å². The summed E-state index contributed by atoms with van der Waals surface area (Å²) in [6.07, 6.45) is 1.58. The van der Waals surface area contributed by atoms with Gasteiger partial charge in [-0.15, -0.1) is 11.8 Å². The van der Waals surface area contributed by atoms with Gasteiger partial charge in [-0.3, -0.25) is 9.32 Å². The van der Waals surface area contributed by atoms with Gasteiger partial charge in [-0.2, -0.15) is 0 Å². The molecule has 2 heterocycles. The quantitative estimate of drug-likeness (QED) is 0.519. The molecule has 0 aliphatic heterocycles. The SMILES string of the molecule is COc1ccc(-[n+]2[nH]oc(=O)c2C(=O)CSCc2ccco2)cc1. The first-order valence-corrected chi connectivity index (χ1v) is 8.26. The molecule has 1 aromatic carbocycles. The molecule has 0 aliphatic rings. The molecule has 0 amide bonds. The highest BCUT2D eigenvalue weighted by atomic mass is 32.2. The Morgan fingerprint density at radius 2 is 2.08 bits per heavy atom. The molecule has 2 aromatic heterocycles. The van der Waals surface area contributed by atoms with Gasteiger partial charge in [-0.25, -0.2) is 4.79 Å². The molecule has 0 saturated carbocycles. The Hall–Kier alpha value is -2.74. The van der Waals surface area contributed by atoms with Crippen molar-refractivity contribution < 1.29 is 23.2 Å². The lowest BCUT2D eigenvalue weighted by Crippen LogP contribution is -2.41. The number of nitrogens with zero attached hydrogens (tertiary/aromatic N) is 1. The first-order valence-electron chi connectivity index (χ1n) is 7.10. The van der Waals surface area contributed by atoms with Crippen molar-refractivity contribution in [3.8, 4) is 11.4 Å². The van der Waals surface area contributed by atoms with E-state index >= 15 is 0 Å². The van der Waals surface area contributed by atoms with Gasteiger partial charge >= 0.3 is 11.3 Å². The van der Waals surface area contributed by atoms with Crippen molar-refractivity contribution >= 4 is 17.5 Å². The van der Waals surface area contributed by atoms with Crippen LogP contribution in [0.15, 0.2) is 56.4 Å². The first kappa shape index (κ1) is 16.1. The number of nitrogens with one attached hydrogen (secondary N) is 1. The third-order valence-corrected chi connectivity index (χ3v) is 4.25. The summed E-state index contributed by atoms with van der Waals surface area (Å²) in [6, 6.07) is 10.5. The average molecular weight is 347 g/mol. The van der Waals surface area contributed by atoms with Gasteiger partial charge in [-0.05, 0) is 34.2 Å². The minimum atomic E-state index is -0.700. The van der Waals surface area contributed by atoms with E-state index in [-0.39, 0.29) is 17.2 Å². The van der Waals surface area contributed by atoms with E-state index in [1.165, 1.54) is 16.4 Å². The molecule has 0 unspecified atom stereocenters. The van der Waals surface area contributed by atoms with Crippen molar-refractivity contribution in [3.63, 3.8) is 0 Å². The second-order valence-electron chi connectivity index (χ2n) is 4.86. The number of methoxy groups -OCH3 is 1. The van der Waals surface area contributed by atoms with Crippen LogP contribution in [-0.2, 0) is 5.75 Å². The van der Waals surface area contributed by atoms with E-state index in [4.69, 9.17) is 13.7 Å². The Morgan fingerprint density at radius 3 is 2.75 bits per heavy atom. The fraction of sp³-hybridized carbons (Fsp3) is 0.188. The maximum atomic E-state index is 12.4. The number of aromatic nitrogens is 2. The molecule has 8 heteroatoms. The van der Waals surface area contributed by atoms with Crippen molar-refractivity contribution in [3.05, 3.63) is 64.5 Å². The van der Waals surface area contributed by atoms with Gasteiger partial charge in [0.2, 0.25) is 11.5 Å². The third kappa shape index (κ3) is 3.43. The number of H-pyrrole nitrogens is 1. The summed E-state index contributed by atoms with van der Waals surface area (Å²) >= 11 is 1.36. The highest BCUT2D eigenvalue weighted by Gasteiger charge is 2.30. The molecule has 124 valence electrons. The van der Waals surface area contributed by atoms with Crippen molar-refractivity contribution in [1.29, 1.82) is 0 Å². The number of Topliss-reactive ketones (excluding diaryl/α,β-unsaturated/α-hetero) is 1. The minimum absolute atomic E-state index is 0.0490. The second kappa shape index (κ2) is 7.22. The number of benzene rings is 1. The number of carbonyl (C=O) groups is 1. The van der Waals surface area contributed by atoms with Crippen LogP contribution in [-0.4, -0.2) is 23.9 Å². The largest absolute Gasteiger partial charge is 0.497 e. The number of carbonyl (C=O) groups excluding carboxylic acids is 1. The molecule has 7 nitrogen and oxygen atoms in total. The van der Waals surface area contributed by atoms with Gasteiger partial charge in [0.1, 0.15) is 11.5 Å². The van der Waals surface area contributed by atoms with Crippen LogP contribution in [0.5, 0.6) is 5.75 Å². The zero-order valence-electron chi connectivity index (χ0n) is 12.9. The number of furan rings is 1. The summed E-state index contributed by atoms with van der Waals surface area (Å²) in [4.78, 5) is 24.3. The minimum Gasteiger partial charge on any atom is -0.497 e. The lowest BCUT2D eigenvalue weighted by atomic mass is 10.2. The van der Waals surface area contributed by atoms with E-state index in [2.05, 4.69) is 5.27 Å². The van der Waals surface area contributed by atoms with E-state index in [9.17, 15) is 9.59 Å². The molecule has 0 bridgehead atoms. The van der Waals surface area contributed by atoms with E-state index in [1.54, 1.807) is 43.7 Å². The number of hydrogen-bond acceptors (Lipinski definition) is 6. The zero-order chi connectivity index (χ0) is 16.9. The van der Waals surface area contributed by atoms with Crippen LogP contribution in [0.1, 0.15) is 16.2 Å². The van der Waals surface area contributed by atoms with Crippen LogP contribution in [0.25, 0.3) is 5.69 Å². The van der Waals surface area contributed by atoms with Gasteiger partial charge in [0.25, 0.3) is 0 Å². The standard InChI is InChI=1S/C16H14N2O5S/c1-21-12-6-4-11(5-7-12)18-15(16(20)23-17-18)14(19)10-24-9-13-3-2-8-22-13/h2-8H,9-10H2,1H3/p+1. The molecular weight excluding hydrogens is 332 g/mol. The maximum absolute atomic E-state index is 12.4. The van der Waals surface area contributed by atoms with Crippen LogP contribution < -0.4 is 15.0 Å². The maximum Gasteiger partial charge on any atom is 0.438 e. The number of rotatable bonds is 7. The van der Waals surface area contributed by atoms with Crippen LogP contribution in [0.4, 0.5) is 0 Å². The van der Waals surface area contributed by atoms with Crippen LogP contribution in [0.3, 0.4) is 0 Å². The molecule has 0 radical (unpaired) electrons. The normalized spacial score (nSPS) is 10.7. The topological polar surface area (TPSA) is 89.3 Å². The molecule has 3 aromatic rings. The Balaban J connectivity index is 1.76. The molecule has 24 heavy (non-hydrogen) atoms. The third-order valence-electron chi connectivity index (χ3n) is 3.30. The van der Waals surface area contributed by atoms with Gasteiger partial charge in [0.05, 0.1) is 24.9 Å². The highest BCUT2D eigenvalue weighted by Crippen LogP contribution is 2.14. The summed E-state index contributed by atoms with van der Waals surface area (Å²) in [5.74, 6) is 1.82. The molecular formula is C16H15N2O5S+. The van der Waals surface area contributed by atoms with E-state index in [0.717, 1.165) is 5.76 Å². The summed E-state index contributed by atoms with van der Waals surface area (Å²) in [5, 5.41) is 2.45. The molecule has 0 aliphatic carbocycles. The molecule has 3 rings (SSSR count). The average Bonchev–Trinajstić information content (AvgIpc) is 3.24.